The number of anilines is 2. The molecule has 2 aliphatic rings. The molecule has 2 fully saturated rings. The van der Waals surface area contributed by atoms with E-state index in [1.54, 1.807) is 30.3 Å². The van der Waals surface area contributed by atoms with E-state index in [2.05, 4.69) is 25.5 Å². The third-order valence-electron chi connectivity index (χ3n) is 8.03. The number of benzene rings is 3. The van der Waals surface area contributed by atoms with Gasteiger partial charge in [-0.2, -0.15) is 9.97 Å². The number of nitrogens with zero attached hydrogens (tertiary/aromatic N) is 5. The molecule has 230 valence electrons. The van der Waals surface area contributed by atoms with Gasteiger partial charge < -0.3 is 20.3 Å². The van der Waals surface area contributed by atoms with Crippen molar-refractivity contribution >= 4 is 62.6 Å². The number of hydrogen-bond acceptors (Lipinski definition) is 9. The molecule has 1 amide bonds. The first-order chi connectivity index (χ1) is 21.8. The second-order valence-corrected chi connectivity index (χ2v) is 13.3. The highest BCUT2D eigenvalue weighted by Crippen LogP contribution is 2.38. The molecule has 2 aliphatic heterocycles. The topological polar surface area (TPSA) is 95.5 Å². The quantitative estimate of drug-likeness (QED) is 0.193. The molecule has 7 rings (SSSR count). The van der Waals surface area contributed by atoms with Crippen LogP contribution in [0, 0.1) is 5.82 Å². The summed E-state index contributed by atoms with van der Waals surface area (Å²) in [6.07, 6.45) is 3.76. The lowest BCUT2D eigenvalue weighted by Crippen LogP contribution is -2.51. The Morgan fingerprint density at radius 3 is 2.56 bits per heavy atom. The number of piperazine rings is 1. The van der Waals surface area contributed by atoms with E-state index < -0.39 is 5.82 Å². The number of ether oxygens (including phenoxy) is 1. The highest BCUT2D eigenvalue weighted by atomic mass is 35.5. The molecule has 5 aromatic rings. The summed E-state index contributed by atoms with van der Waals surface area (Å²) in [7, 11) is 3.93. The Morgan fingerprint density at radius 2 is 1.82 bits per heavy atom. The van der Waals surface area contributed by atoms with Gasteiger partial charge in [0.15, 0.2) is 12.4 Å². The number of fused-ring (bicyclic) bond motifs is 4. The lowest BCUT2D eigenvalue weighted by Gasteiger charge is -2.34. The van der Waals surface area contributed by atoms with E-state index in [0.717, 1.165) is 23.1 Å². The van der Waals surface area contributed by atoms with Crippen molar-refractivity contribution in [1.82, 2.24) is 24.6 Å². The number of aromatic nitrogens is 3. The lowest BCUT2D eigenvalue weighted by molar-refractivity contribution is -0.118. The van der Waals surface area contributed by atoms with Crippen molar-refractivity contribution in [3.05, 3.63) is 77.7 Å². The highest BCUT2D eigenvalue weighted by molar-refractivity contribution is 7.97. The number of halogens is 2. The zero-order chi connectivity index (χ0) is 31.1. The number of rotatable bonds is 8. The van der Waals surface area contributed by atoms with Crippen LogP contribution in [0.1, 0.15) is 12.8 Å². The van der Waals surface area contributed by atoms with Crippen molar-refractivity contribution in [2.45, 2.75) is 29.8 Å². The van der Waals surface area contributed by atoms with Crippen LogP contribution in [0.3, 0.4) is 0 Å². The third-order valence-corrected chi connectivity index (χ3v) is 9.19. The molecule has 45 heavy (non-hydrogen) atoms. The lowest BCUT2D eigenvalue weighted by atomic mass is 10.0. The van der Waals surface area contributed by atoms with Gasteiger partial charge in [0, 0.05) is 57.9 Å². The average Bonchev–Trinajstić information content (AvgIpc) is 3.37. The molecule has 3 aromatic carbocycles. The standard InChI is InChI=1S/C33H31ClFN7O2S/c1-41(2)45-23-13-11-20(12-14-23)38-27(43)18-44-33-39-31-25(32(40-33)42-16-21-9-10-22(17-42)37-21)15-36-30(29(31)35)24-7-3-5-19-6-4-8-26(34)28(19)24/h3-8,11-15,21-22,37H,9-10,16-18H2,1-2H3,(H,38,43). The summed E-state index contributed by atoms with van der Waals surface area (Å²) in [4.78, 5) is 29.8. The van der Waals surface area contributed by atoms with Crippen molar-refractivity contribution < 1.29 is 13.9 Å². The number of hydrogen-bond donors (Lipinski definition) is 2. The summed E-state index contributed by atoms with van der Waals surface area (Å²) in [5, 5.41) is 9.03. The van der Waals surface area contributed by atoms with Gasteiger partial charge in [-0.05, 0) is 74.6 Å². The molecular formula is C33H31ClFN7O2S. The van der Waals surface area contributed by atoms with Gasteiger partial charge in [-0.1, -0.05) is 41.9 Å². The van der Waals surface area contributed by atoms with Crippen LogP contribution in [-0.4, -0.2) is 71.0 Å². The fourth-order valence-corrected chi connectivity index (χ4v) is 7.08. The number of pyridine rings is 1. The Morgan fingerprint density at radius 1 is 1.09 bits per heavy atom. The zero-order valence-electron chi connectivity index (χ0n) is 24.8. The molecule has 9 nitrogen and oxygen atoms in total. The molecule has 2 bridgehead atoms. The van der Waals surface area contributed by atoms with Gasteiger partial charge in [0.2, 0.25) is 0 Å². The largest absolute Gasteiger partial charge is 0.453 e. The van der Waals surface area contributed by atoms with E-state index in [1.807, 2.05) is 66.9 Å². The first-order valence-electron chi connectivity index (χ1n) is 14.8. The molecule has 0 aliphatic carbocycles. The van der Waals surface area contributed by atoms with Gasteiger partial charge in [0.05, 0.1) is 5.39 Å². The van der Waals surface area contributed by atoms with E-state index in [9.17, 15) is 4.79 Å². The molecule has 2 saturated heterocycles. The number of amides is 1. The van der Waals surface area contributed by atoms with E-state index in [-0.39, 0.29) is 29.7 Å². The summed E-state index contributed by atoms with van der Waals surface area (Å²) < 4.78 is 24.3. The average molecular weight is 644 g/mol. The van der Waals surface area contributed by atoms with Crippen LogP contribution in [0.2, 0.25) is 5.02 Å². The number of nitrogens with one attached hydrogen (secondary N) is 2. The summed E-state index contributed by atoms with van der Waals surface area (Å²) in [6.45, 7) is 1.09. The molecule has 2 unspecified atom stereocenters. The Hall–Kier alpha value is -4.03. The van der Waals surface area contributed by atoms with Crippen LogP contribution in [0.15, 0.2) is 71.8 Å². The molecule has 2 N–H and O–H groups in total. The normalized spacial score (nSPS) is 17.8. The molecular weight excluding hydrogens is 613 g/mol. The van der Waals surface area contributed by atoms with E-state index >= 15 is 4.39 Å². The van der Waals surface area contributed by atoms with Gasteiger partial charge in [-0.25, -0.2) is 4.39 Å². The Balaban J connectivity index is 1.22. The van der Waals surface area contributed by atoms with Crippen molar-refractivity contribution in [3.63, 3.8) is 0 Å². The molecule has 2 aromatic heterocycles. The Kier molecular flexibility index (Phi) is 8.17. The van der Waals surface area contributed by atoms with Crippen molar-refractivity contribution in [3.8, 4) is 17.3 Å². The van der Waals surface area contributed by atoms with Crippen LogP contribution in [0.4, 0.5) is 15.9 Å². The summed E-state index contributed by atoms with van der Waals surface area (Å²) >= 11 is 8.16. The van der Waals surface area contributed by atoms with Gasteiger partial charge in [0.25, 0.3) is 5.91 Å². The first-order valence-corrected chi connectivity index (χ1v) is 15.9. The van der Waals surface area contributed by atoms with Crippen LogP contribution < -0.4 is 20.3 Å². The van der Waals surface area contributed by atoms with Crippen molar-refractivity contribution in [2.24, 2.45) is 0 Å². The smallest absolute Gasteiger partial charge is 0.319 e. The fourth-order valence-electron chi connectivity index (χ4n) is 6.11. The Labute approximate surface area is 269 Å². The third kappa shape index (κ3) is 6.13. The maximum absolute atomic E-state index is 16.5. The van der Waals surface area contributed by atoms with Gasteiger partial charge in [-0.3, -0.25) is 14.1 Å². The van der Waals surface area contributed by atoms with E-state index in [0.29, 0.717) is 58.0 Å². The molecule has 2 atom stereocenters. The van der Waals surface area contributed by atoms with Crippen LogP contribution in [0.5, 0.6) is 6.01 Å². The number of carbonyl (C=O) groups is 1. The van der Waals surface area contributed by atoms with E-state index in [1.165, 1.54) is 0 Å². The van der Waals surface area contributed by atoms with Crippen LogP contribution in [0.25, 0.3) is 32.9 Å². The first kappa shape index (κ1) is 29.7. The summed E-state index contributed by atoms with van der Waals surface area (Å²) in [5.74, 6) is -0.446. The minimum absolute atomic E-state index is 0.0734. The summed E-state index contributed by atoms with van der Waals surface area (Å²) in [6, 6.07) is 19.2. The minimum atomic E-state index is -0.605. The van der Waals surface area contributed by atoms with Gasteiger partial charge in [-0.15, -0.1) is 0 Å². The van der Waals surface area contributed by atoms with Crippen molar-refractivity contribution in [2.75, 3.05) is 44.0 Å². The molecule has 0 saturated carbocycles. The predicted molar refractivity (Wildman–Crippen MR) is 178 cm³/mol. The maximum Gasteiger partial charge on any atom is 0.319 e. The van der Waals surface area contributed by atoms with Crippen LogP contribution >= 0.6 is 23.5 Å². The monoisotopic (exact) mass is 643 g/mol. The number of carbonyl (C=O) groups excluding carboxylic acids is 1. The zero-order valence-corrected chi connectivity index (χ0v) is 26.3. The molecule has 0 spiro atoms. The summed E-state index contributed by atoms with van der Waals surface area (Å²) in [5.41, 5.74) is 1.41. The minimum Gasteiger partial charge on any atom is -0.453 e. The maximum atomic E-state index is 16.5. The molecule has 4 heterocycles. The predicted octanol–water partition coefficient (Wildman–Crippen LogP) is 6.16. The highest BCUT2D eigenvalue weighted by Gasteiger charge is 2.34. The second kappa shape index (κ2) is 12.4. The van der Waals surface area contributed by atoms with Crippen LogP contribution in [-0.2, 0) is 4.79 Å². The van der Waals surface area contributed by atoms with E-state index in [4.69, 9.17) is 21.3 Å². The van der Waals surface area contributed by atoms with Gasteiger partial charge >= 0.3 is 6.01 Å². The molecule has 12 heteroatoms. The Bertz CT molecular complexity index is 1890. The fraction of sp³-hybridized carbons (Fsp3) is 0.273. The SMILES string of the molecule is CN(C)Sc1ccc(NC(=O)COc2nc(N3CC4CCC(C3)N4)c3cnc(-c4cccc5cccc(Cl)c45)c(F)c3n2)cc1. The molecule has 0 radical (unpaired) electrons. The second-order valence-electron chi connectivity index (χ2n) is 11.5. The van der Waals surface area contributed by atoms with Gasteiger partial charge in [0.1, 0.15) is 17.0 Å². The van der Waals surface area contributed by atoms with Crippen molar-refractivity contribution in [1.29, 1.82) is 0 Å².